The van der Waals surface area contributed by atoms with Crippen LogP contribution in [-0.2, 0) is 0 Å². The molecule has 3 rings (SSSR count). The summed E-state index contributed by atoms with van der Waals surface area (Å²) < 4.78 is 0. The lowest BCUT2D eigenvalue weighted by Gasteiger charge is -2.27. The standard InChI is InChI=1S/C10H16O2/c11-6-3-7-5-1-9(8(7)4-6)10(12)2-5/h5-12H,1-4H2/t5-,6+,7-,8+,9+,10+/m1/s1. The van der Waals surface area contributed by atoms with E-state index in [4.69, 9.17) is 0 Å². The van der Waals surface area contributed by atoms with Crippen molar-refractivity contribution in [1.29, 1.82) is 0 Å². The maximum Gasteiger partial charge on any atom is 0.0574 e. The van der Waals surface area contributed by atoms with Crippen LogP contribution in [0.1, 0.15) is 25.7 Å². The van der Waals surface area contributed by atoms with Gasteiger partial charge >= 0.3 is 0 Å². The van der Waals surface area contributed by atoms with Crippen LogP contribution in [0, 0.1) is 23.7 Å². The molecule has 2 heteroatoms. The van der Waals surface area contributed by atoms with E-state index in [2.05, 4.69) is 0 Å². The normalized spacial score (nSPS) is 62.5. The van der Waals surface area contributed by atoms with E-state index in [1.54, 1.807) is 0 Å². The van der Waals surface area contributed by atoms with E-state index < -0.39 is 0 Å². The van der Waals surface area contributed by atoms with E-state index in [9.17, 15) is 10.2 Å². The number of hydrogen-bond acceptors (Lipinski definition) is 2. The smallest absolute Gasteiger partial charge is 0.0574 e. The molecule has 0 unspecified atom stereocenters. The summed E-state index contributed by atoms with van der Waals surface area (Å²) in [5, 5.41) is 19.2. The van der Waals surface area contributed by atoms with Gasteiger partial charge in [0.15, 0.2) is 0 Å². The van der Waals surface area contributed by atoms with Crippen molar-refractivity contribution in [3.05, 3.63) is 0 Å². The van der Waals surface area contributed by atoms with E-state index in [0.29, 0.717) is 11.8 Å². The third-order valence-corrected chi connectivity index (χ3v) is 4.41. The van der Waals surface area contributed by atoms with Gasteiger partial charge in [0, 0.05) is 0 Å². The maximum absolute atomic E-state index is 9.67. The second kappa shape index (κ2) is 2.24. The van der Waals surface area contributed by atoms with Crippen molar-refractivity contribution >= 4 is 0 Å². The van der Waals surface area contributed by atoms with Crippen LogP contribution in [0.5, 0.6) is 0 Å². The summed E-state index contributed by atoms with van der Waals surface area (Å²) in [5.74, 6) is 2.70. The van der Waals surface area contributed by atoms with Gasteiger partial charge in [-0.3, -0.25) is 0 Å². The molecule has 0 saturated heterocycles. The first-order chi connectivity index (χ1) is 5.75. The van der Waals surface area contributed by atoms with Gasteiger partial charge in [-0.05, 0) is 49.4 Å². The van der Waals surface area contributed by atoms with Crippen LogP contribution in [0.15, 0.2) is 0 Å². The first-order valence-corrected chi connectivity index (χ1v) is 5.12. The number of rotatable bonds is 0. The van der Waals surface area contributed by atoms with Crippen molar-refractivity contribution in [2.75, 3.05) is 0 Å². The summed E-state index contributed by atoms with van der Waals surface area (Å²) in [6.45, 7) is 0. The Bertz CT molecular complexity index is 200. The fourth-order valence-electron chi connectivity index (χ4n) is 4.01. The Hall–Kier alpha value is -0.0800. The second-order valence-electron chi connectivity index (χ2n) is 4.92. The molecular weight excluding hydrogens is 152 g/mol. The van der Waals surface area contributed by atoms with Gasteiger partial charge in [-0.15, -0.1) is 0 Å². The summed E-state index contributed by atoms with van der Waals surface area (Å²) >= 11 is 0. The Morgan fingerprint density at radius 3 is 2.33 bits per heavy atom. The Kier molecular flexibility index (Phi) is 1.37. The minimum absolute atomic E-state index is 0.0402. The fraction of sp³-hybridized carbons (Fsp3) is 1.00. The lowest BCUT2D eigenvalue weighted by molar-refractivity contribution is 0.0633. The summed E-state index contributed by atoms with van der Waals surface area (Å²) in [6, 6.07) is 0. The van der Waals surface area contributed by atoms with E-state index in [-0.39, 0.29) is 12.2 Å². The molecule has 0 aromatic carbocycles. The van der Waals surface area contributed by atoms with E-state index >= 15 is 0 Å². The first-order valence-electron chi connectivity index (χ1n) is 5.12. The zero-order valence-electron chi connectivity index (χ0n) is 7.19. The largest absolute Gasteiger partial charge is 0.393 e. The van der Waals surface area contributed by atoms with Crippen LogP contribution < -0.4 is 0 Å². The molecule has 3 fully saturated rings. The number of aliphatic hydroxyl groups excluding tert-OH is 2. The lowest BCUT2D eigenvalue weighted by Crippen LogP contribution is -2.27. The van der Waals surface area contributed by atoms with Crippen molar-refractivity contribution in [3.8, 4) is 0 Å². The van der Waals surface area contributed by atoms with Gasteiger partial charge in [0.05, 0.1) is 12.2 Å². The molecule has 0 spiro atoms. The van der Waals surface area contributed by atoms with Gasteiger partial charge in [-0.2, -0.15) is 0 Å². The molecule has 3 aliphatic carbocycles. The minimum atomic E-state index is -0.0596. The molecule has 3 saturated carbocycles. The van der Waals surface area contributed by atoms with Crippen LogP contribution in [0.3, 0.4) is 0 Å². The maximum atomic E-state index is 9.67. The highest BCUT2D eigenvalue weighted by Gasteiger charge is 2.55. The van der Waals surface area contributed by atoms with Crippen LogP contribution in [0.4, 0.5) is 0 Å². The highest BCUT2D eigenvalue weighted by molar-refractivity contribution is 5.04. The number of fused-ring (bicyclic) bond motifs is 5. The average molecular weight is 168 g/mol. The van der Waals surface area contributed by atoms with Crippen LogP contribution >= 0.6 is 0 Å². The van der Waals surface area contributed by atoms with Gasteiger partial charge < -0.3 is 10.2 Å². The third-order valence-electron chi connectivity index (χ3n) is 4.41. The Labute approximate surface area is 72.6 Å². The summed E-state index contributed by atoms with van der Waals surface area (Å²) in [4.78, 5) is 0. The van der Waals surface area contributed by atoms with Crippen molar-refractivity contribution in [3.63, 3.8) is 0 Å². The molecule has 2 nitrogen and oxygen atoms in total. The van der Waals surface area contributed by atoms with Crippen LogP contribution in [0.25, 0.3) is 0 Å². The summed E-state index contributed by atoms with van der Waals surface area (Å²) in [7, 11) is 0. The Morgan fingerprint density at radius 2 is 1.50 bits per heavy atom. The molecule has 0 amide bonds. The lowest BCUT2D eigenvalue weighted by atomic mass is 9.80. The highest BCUT2D eigenvalue weighted by Crippen LogP contribution is 2.58. The molecule has 2 N–H and O–H groups in total. The predicted molar refractivity (Wildman–Crippen MR) is 44.4 cm³/mol. The molecule has 0 heterocycles. The summed E-state index contributed by atoms with van der Waals surface area (Å²) in [6.07, 6.45) is 4.13. The molecule has 12 heavy (non-hydrogen) atoms. The third kappa shape index (κ3) is 0.775. The molecule has 0 aromatic rings. The Morgan fingerprint density at radius 1 is 0.750 bits per heavy atom. The van der Waals surface area contributed by atoms with Crippen molar-refractivity contribution in [2.24, 2.45) is 23.7 Å². The molecule has 0 aliphatic heterocycles. The van der Waals surface area contributed by atoms with Gasteiger partial charge in [-0.1, -0.05) is 0 Å². The van der Waals surface area contributed by atoms with Gasteiger partial charge in [0.1, 0.15) is 0 Å². The highest BCUT2D eigenvalue weighted by atomic mass is 16.3. The molecule has 0 radical (unpaired) electrons. The second-order valence-corrected chi connectivity index (χ2v) is 4.92. The molecular formula is C10H16O2. The van der Waals surface area contributed by atoms with E-state index in [1.165, 1.54) is 6.42 Å². The molecule has 6 atom stereocenters. The summed E-state index contributed by atoms with van der Waals surface area (Å²) in [5.41, 5.74) is 0. The molecule has 3 aliphatic rings. The molecule has 68 valence electrons. The van der Waals surface area contributed by atoms with Gasteiger partial charge in [0.25, 0.3) is 0 Å². The van der Waals surface area contributed by atoms with Crippen molar-refractivity contribution in [2.45, 2.75) is 37.9 Å². The minimum Gasteiger partial charge on any atom is -0.393 e. The Balaban J connectivity index is 1.86. The zero-order chi connectivity index (χ0) is 8.29. The fourth-order valence-corrected chi connectivity index (χ4v) is 4.01. The van der Waals surface area contributed by atoms with E-state index in [0.717, 1.165) is 31.1 Å². The van der Waals surface area contributed by atoms with Gasteiger partial charge in [-0.25, -0.2) is 0 Å². The van der Waals surface area contributed by atoms with E-state index in [1.807, 2.05) is 0 Å². The monoisotopic (exact) mass is 168 g/mol. The van der Waals surface area contributed by atoms with Crippen molar-refractivity contribution in [1.82, 2.24) is 0 Å². The quantitative estimate of drug-likeness (QED) is 0.561. The van der Waals surface area contributed by atoms with Gasteiger partial charge in [0.2, 0.25) is 0 Å². The molecule has 2 bridgehead atoms. The molecule has 0 aromatic heterocycles. The van der Waals surface area contributed by atoms with Crippen molar-refractivity contribution < 1.29 is 10.2 Å². The first kappa shape index (κ1) is 7.34. The SMILES string of the molecule is O[C@@H]1C[C@H]2[C@H](C1)[C@@H]1C[C@@H]2[C@@H](O)C1. The topological polar surface area (TPSA) is 40.5 Å². The predicted octanol–water partition coefficient (Wildman–Crippen LogP) is 0.774. The van der Waals surface area contributed by atoms with Crippen LogP contribution in [0.2, 0.25) is 0 Å². The number of hydrogen-bond donors (Lipinski definition) is 2. The number of aliphatic hydroxyl groups is 2. The van der Waals surface area contributed by atoms with Crippen LogP contribution in [-0.4, -0.2) is 22.4 Å². The zero-order valence-corrected chi connectivity index (χ0v) is 7.19. The average Bonchev–Trinajstić information content (AvgIpc) is 2.57.